The van der Waals surface area contributed by atoms with Crippen LogP contribution >= 0.6 is 11.6 Å². The third kappa shape index (κ3) is 3.63. The minimum Gasteiger partial charge on any atom is -0.480 e. The van der Waals surface area contributed by atoms with E-state index in [1.807, 2.05) is 13.0 Å². The first kappa shape index (κ1) is 16.3. The second-order valence-electron chi connectivity index (χ2n) is 4.66. The highest BCUT2D eigenvalue weighted by atomic mass is 35.5. The number of halogens is 1. The van der Waals surface area contributed by atoms with Crippen LogP contribution in [-0.4, -0.2) is 22.6 Å². The summed E-state index contributed by atoms with van der Waals surface area (Å²) >= 11 is 6.02. The van der Waals surface area contributed by atoms with Crippen LogP contribution in [0.4, 0.5) is 10.5 Å². The highest BCUT2D eigenvalue weighted by Crippen LogP contribution is 2.23. The first-order valence-electron chi connectivity index (χ1n) is 6.43. The molecule has 0 aromatic heterocycles. The van der Waals surface area contributed by atoms with E-state index in [4.69, 9.17) is 11.6 Å². The molecule has 1 aromatic carbocycles. The largest absolute Gasteiger partial charge is 0.480 e. The molecule has 0 bridgehead atoms. The molecule has 6 heteroatoms. The van der Waals surface area contributed by atoms with E-state index < -0.39 is 17.5 Å². The van der Waals surface area contributed by atoms with Crippen molar-refractivity contribution in [2.75, 3.05) is 5.32 Å². The molecule has 0 fully saturated rings. The molecule has 0 saturated carbocycles. The van der Waals surface area contributed by atoms with Crippen LogP contribution in [0.3, 0.4) is 0 Å². The van der Waals surface area contributed by atoms with Crippen molar-refractivity contribution in [1.29, 1.82) is 0 Å². The van der Waals surface area contributed by atoms with E-state index in [0.717, 1.165) is 5.56 Å². The van der Waals surface area contributed by atoms with Gasteiger partial charge >= 0.3 is 12.0 Å². The van der Waals surface area contributed by atoms with E-state index in [0.29, 0.717) is 23.6 Å². The van der Waals surface area contributed by atoms with Crippen molar-refractivity contribution in [2.24, 2.45) is 0 Å². The first-order chi connectivity index (χ1) is 9.34. The minimum atomic E-state index is -1.26. The molecule has 0 aliphatic carbocycles. The third-order valence-corrected chi connectivity index (χ3v) is 3.65. The number of anilines is 1. The molecule has 0 unspecified atom stereocenters. The summed E-state index contributed by atoms with van der Waals surface area (Å²) in [5, 5.41) is 14.8. The van der Waals surface area contributed by atoms with Crippen LogP contribution < -0.4 is 10.6 Å². The standard InChI is InChI=1S/C14H19ClN2O3/c1-4-14(5-2,12(18)19)17-13(20)16-11-7-6-9(3)8-10(11)15/h6-8H,4-5H2,1-3H3,(H,18,19)(H2,16,17,20). The molecule has 110 valence electrons. The molecule has 0 saturated heterocycles. The average Bonchev–Trinajstić information content (AvgIpc) is 2.39. The Morgan fingerprint density at radius 2 is 1.90 bits per heavy atom. The second kappa shape index (κ2) is 6.61. The topological polar surface area (TPSA) is 78.4 Å². The van der Waals surface area contributed by atoms with Crippen molar-refractivity contribution < 1.29 is 14.7 Å². The van der Waals surface area contributed by atoms with Gasteiger partial charge in [0.2, 0.25) is 0 Å². The molecule has 0 heterocycles. The molecular formula is C14H19ClN2O3. The van der Waals surface area contributed by atoms with Gasteiger partial charge in [0.25, 0.3) is 0 Å². The maximum atomic E-state index is 11.9. The molecule has 0 spiro atoms. The Morgan fingerprint density at radius 1 is 1.30 bits per heavy atom. The van der Waals surface area contributed by atoms with Crippen LogP contribution in [0.25, 0.3) is 0 Å². The highest BCUT2D eigenvalue weighted by molar-refractivity contribution is 6.33. The Kier molecular flexibility index (Phi) is 5.39. The normalized spacial score (nSPS) is 11.0. The van der Waals surface area contributed by atoms with Gasteiger partial charge in [-0.2, -0.15) is 0 Å². The number of aryl methyl sites for hydroxylation is 1. The number of hydrogen-bond donors (Lipinski definition) is 3. The number of carboxylic acid groups (broad SMARTS) is 1. The molecule has 0 aliphatic heterocycles. The van der Waals surface area contributed by atoms with Gasteiger partial charge < -0.3 is 15.7 Å². The molecule has 20 heavy (non-hydrogen) atoms. The van der Waals surface area contributed by atoms with Gasteiger partial charge in [-0.25, -0.2) is 9.59 Å². The zero-order chi connectivity index (χ0) is 15.3. The summed E-state index contributed by atoms with van der Waals surface area (Å²) < 4.78 is 0. The molecule has 0 aliphatic rings. The van der Waals surface area contributed by atoms with E-state index in [1.54, 1.807) is 26.0 Å². The van der Waals surface area contributed by atoms with Crippen molar-refractivity contribution >= 4 is 29.3 Å². The van der Waals surface area contributed by atoms with Crippen molar-refractivity contribution in [3.05, 3.63) is 28.8 Å². The number of rotatable bonds is 5. The number of amides is 2. The van der Waals surface area contributed by atoms with Crippen molar-refractivity contribution in [3.8, 4) is 0 Å². The first-order valence-corrected chi connectivity index (χ1v) is 6.81. The highest BCUT2D eigenvalue weighted by Gasteiger charge is 2.36. The van der Waals surface area contributed by atoms with E-state index >= 15 is 0 Å². The fourth-order valence-electron chi connectivity index (χ4n) is 1.88. The number of nitrogens with one attached hydrogen (secondary N) is 2. The van der Waals surface area contributed by atoms with Gasteiger partial charge in [-0.1, -0.05) is 31.5 Å². The number of carbonyl (C=O) groups excluding carboxylic acids is 1. The molecule has 1 aromatic rings. The van der Waals surface area contributed by atoms with E-state index in [1.165, 1.54) is 0 Å². The van der Waals surface area contributed by atoms with Gasteiger partial charge in [-0.05, 0) is 37.5 Å². The van der Waals surface area contributed by atoms with Crippen LogP contribution in [0.2, 0.25) is 5.02 Å². The lowest BCUT2D eigenvalue weighted by molar-refractivity contribution is -0.144. The molecule has 1 rings (SSSR count). The van der Waals surface area contributed by atoms with E-state index in [2.05, 4.69) is 10.6 Å². The third-order valence-electron chi connectivity index (χ3n) is 3.34. The van der Waals surface area contributed by atoms with Crippen molar-refractivity contribution in [3.63, 3.8) is 0 Å². The SMILES string of the molecule is CCC(CC)(NC(=O)Nc1ccc(C)cc1Cl)C(=O)O. The predicted molar refractivity (Wildman–Crippen MR) is 79.3 cm³/mol. The maximum absolute atomic E-state index is 11.9. The monoisotopic (exact) mass is 298 g/mol. The number of carboxylic acids is 1. The van der Waals surface area contributed by atoms with Crippen LogP contribution in [0.5, 0.6) is 0 Å². The molecule has 0 radical (unpaired) electrons. The van der Waals surface area contributed by atoms with Gasteiger partial charge in [-0.15, -0.1) is 0 Å². The molecule has 3 N–H and O–H groups in total. The van der Waals surface area contributed by atoms with Crippen LogP contribution in [0.1, 0.15) is 32.3 Å². The zero-order valence-electron chi connectivity index (χ0n) is 11.8. The Bertz CT molecular complexity index is 513. The number of urea groups is 1. The molecule has 5 nitrogen and oxygen atoms in total. The zero-order valence-corrected chi connectivity index (χ0v) is 12.5. The quantitative estimate of drug-likeness (QED) is 0.779. The lowest BCUT2D eigenvalue weighted by Gasteiger charge is -2.28. The van der Waals surface area contributed by atoms with E-state index in [-0.39, 0.29) is 0 Å². The second-order valence-corrected chi connectivity index (χ2v) is 5.06. The fraction of sp³-hybridized carbons (Fsp3) is 0.429. The van der Waals surface area contributed by atoms with Gasteiger partial charge in [0, 0.05) is 0 Å². The predicted octanol–water partition coefficient (Wildman–Crippen LogP) is 3.41. The van der Waals surface area contributed by atoms with Crippen LogP contribution in [-0.2, 0) is 4.79 Å². The molecule has 0 atom stereocenters. The Hall–Kier alpha value is -1.75. The van der Waals surface area contributed by atoms with Crippen LogP contribution in [0, 0.1) is 6.92 Å². The van der Waals surface area contributed by atoms with E-state index in [9.17, 15) is 14.7 Å². The lowest BCUT2D eigenvalue weighted by atomic mass is 9.93. The summed E-state index contributed by atoms with van der Waals surface area (Å²) in [5.41, 5.74) is 0.158. The molecule has 2 amide bonds. The summed E-state index contributed by atoms with van der Waals surface area (Å²) in [6, 6.07) is 4.63. The summed E-state index contributed by atoms with van der Waals surface area (Å²) in [6.07, 6.45) is 0.599. The summed E-state index contributed by atoms with van der Waals surface area (Å²) in [7, 11) is 0. The summed E-state index contributed by atoms with van der Waals surface area (Å²) in [4.78, 5) is 23.3. The Labute approximate surface area is 123 Å². The van der Waals surface area contributed by atoms with Gasteiger partial charge in [0.15, 0.2) is 0 Å². The van der Waals surface area contributed by atoms with Crippen molar-refractivity contribution in [1.82, 2.24) is 5.32 Å². The smallest absolute Gasteiger partial charge is 0.329 e. The van der Waals surface area contributed by atoms with Crippen molar-refractivity contribution in [2.45, 2.75) is 39.2 Å². The molecular weight excluding hydrogens is 280 g/mol. The number of carbonyl (C=O) groups is 2. The Morgan fingerprint density at radius 3 is 2.35 bits per heavy atom. The summed E-state index contributed by atoms with van der Waals surface area (Å²) in [6.45, 7) is 5.33. The summed E-state index contributed by atoms with van der Waals surface area (Å²) in [5.74, 6) is -1.05. The minimum absolute atomic E-state index is 0.299. The van der Waals surface area contributed by atoms with Gasteiger partial charge in [0.1, 0.15) is 5.54 Å². The Balaban J connectivity index is 2.83. The number of benzene rings is 1. The van der Waals surface area contributed by atoms with Gasteiger partial charge in [0.05, 0.1) is 10.7 Å². The lowest BCUT2D eigenvalue weighted by Crippen LogP contribution is -2.55. The number of hydrogen-bond acceptors (Lipinski definition) is 2. The fourth-order valence-corrected chi connectivity index (χ4v) is 2.16. The average molecular weight is 299 g/mol. The number of aliphatic carboxylic acids is 1. The van der Waals surface area contributed by atoms with Gasteiger partial charge in [-0.3, -0.25) is 0 Å². The maximum Gasteiger partial charge on any atom is 0.329 e. The van der Waals surface area contributed by atoms with Crippen LogP contribution in [0.15, 0.2) is 18.2 Å².